The lowest BCUT2D eigenvalue weighted by Gasteiger charge is -2.36. The molecule has 0 amide bonds. The van der Waals surface area contributed by atoms with Crippen LogP contribution in [0.3, 0.4) is 0 Å². The van der Waals surface area contributed by atoms with Gasteiger partial charge in [0.1, 0.15) is 0 Å². The highest BCUT2D eigenvalue weighted by Gasteiger charge is 2.24. The predicted molar refractivity (Wildman–Crippen MR) is 86.1 cm³/mol. The topological polar surface area (TPSA) is 28.2 Å². The van der Waals surface area contributed by atoms with Gasteiger partial charge in [0, 0.05) is 38.4 Å². The molecule has 2 heterocycles. The van der Waals surface area contributed by atoms with Crippen molar-refractivity contribution in [2.75, 3.05) is 19.6 Å². The van der Waals surface area contributed by atoms with Gasteiger partial charge in [0.25, 0.3) is 0 Å². The Labute approximate surface area is 127 Å². The maximum absolute atomic E-state index is 4.61. The Kier molecular flexibility index (Phi) is 4.63. The number of nitrogens with zero attached hydrogens (tertiary/aromatic N) is 2. The standard InChI is InChI=1S/C18H23N3/c1-2-15-9-6-10-20-17(15)14-21-12-11-19-13-18(21)16-7-4-3-5-8-16/h3-10,18-19H,2,11-14H2,1H3. The summed E-state index contributed by atoms with van der Waals surface area (Å²) in [4.78, 5) is 7.16. The number of aryl methyl sites for hydroxylation is 1. The molecule has 3 nitrogen and oxygen atoms in total. The predicted octanol–water partition coefficient (Wildman–Crippen LogP) is 2.79. The number of pyridine rings is 1. The second kappa shape index (κ2) is 6.83. The molecule has 1 atom stereocenters. The van der Waals surface area contributed by atoms with Gasteiger partial charge < -0.3 is 5.32 Å². The minimum atomic E-state index is 0.437. The first-order valence-corrected chi connectivity index (χ1v) is 7.81. The van der Waals surface area contributed by atoms with E-state index in [9.17, 15) is 0 Å². The van der Waals surface area contributed by atoms with Crippen LogP contribution in [0, 0.1) is 0 Å². The number of piperazine rings is 1. The summed E-state index contributed by atoms with van der Waals surface area (Å²) >= 11 is 0. The van der Waals surface area contributed by atoms with Crippen molar-refractivity contribution in [1.29, 1.82) is 0 Å². The van der Waals surface area contributed by atoms with Crippen molar-refractivity contribution in [3.05, 3.63) is 65.5 Å². The third-order valence-electron chi connectivity index (χ3n) is 4.26. The van der Waals surface area contributed by atoms with Gasteiger partial charge in [-0.1, -0.05) is 43.3 Å². The number of hydrogen-bond donors (Lipinski definition) is 1. The summed E-state index contributed by atoms with van der Waals surface area (Å²) in [6, 6.07) is 15.5. The minimum absolute atomic E-state index is 0.437. The van der Waals surface area contributed by atoms with E-state index < -0.39 is 0 Å². The Morgan fingerprint density at radius 1 is 1.19 bits per heavy atom. The van der Waals surface area contributed by atoms with Crippen molar-refractivity contribution in [2.45, 2.75) is 25.9 Å². The van der Waals surface area contributed by atoms with Crippen LogP contribution in [0.25, 0.3) is 0 Å². The molecule has 1 aliphatic heterocycles. The van der Waals surface area contributed by atoms with Gasteiger partial charge in [-0.2, -0.15) is 0 Å². The maximum Gasteiger partial charge on any atom is 0.0575 e. The van der Waals surface area contributed by atoms with Crippen molar-refractivity contribution in [3.8, 4) is 0 Å². The molecule has 21 heavy (non-hydrogen) atoms. The van der Waals surface area contributed by atoms with E-state index in [1.54, 1.807) is 0 Å². The smallest absolute Gasteiger partial charge is 0.0575 e. The van der Waals surface area contributed by atoms with Gasteiger partial charge >= 0.3 is 0 Å². The summed E-state index contributed by atoms with van der Waals surface area (Å²) in [5.74, 6) is 0. The molecule has 1 aliphatic rings. The van der Waals surface area contributed by atoms with Crippen molar-refractivity contribution < 1.29 is 0 Å². The van der Waals surface area contributed by atoms with E-state index in [1.807, 2.05) is 12.3 Å². The van der Waals surface area contributed by atoms with E-state index >= 15 is 0 Å². The average molecular weight is 281 g/mol. The monoisotopic (exact) mass is 281 g/mol. The zero-order valence-corrected chi connectivity index (χ0v) is 12.6. The highest BCUT2D eigenvalue weighted by Crippen LogP contribution is 2.24. The Morgan fingerprint density at radius 3 is 2.86 bits per heavy atom. The Balaban J connectivity index is 1.82. The summed E-state index contributed by atoms with van der Waals surface area (Å²) in [7, 11) is 0. The first-order valence-electron chi connectivity index (χ1n) is 7.81. The zero-order chi connectivity index (χ0) is 14.5. The maximum atomic E-state index is 4.61. The molecule has 3 heteroatoms. The molecule has 1 aromatic carbocycles. The molecular formula is C18H23N3. The molecule has 1 aromatic heterocycles. The number of hydrogen-bond acceptors (Lipinski definition) is 3. The number of aromatic nitrogens is 1. The van der Waals surface area contributed by atoms with Gasteiger partial charge in [0.05, 0.1) is 5.69 Å². The summed E-state index contributed by atoms with van der Waals surface area (Å²) < 4.78 is 0. The third-order valence-corrected chi connectivity index (χ3v) is 4.26. The van der Waals surface area contributed by atoms with Crippen molar-refractivity contribution in [3.63, 3.8) is 0 Å². The molecule has 0 bridgehead atoms. The normalized spacial score (nSPS) is 19.6. The molecule has 1 saturated heterocycles. The van der Waals surface area contributed by atoms with Gasteiger partial charge in [0.2, 0.25) is 0 Å². The van der Waals surface area contributed by atoms with Crippen LogP contribution in [0.4, 0.5) is 0 Å². The molecule has 0 aliphatic carbocycles. The molecule has 1 N–H and O–H groups in total. The van der Waals surface area contributed by atoms with Gasteiger partial charge in [-0.05, 0) is 23.6 Å². The largest absolute Gasteiger partial charge is 0.314 e. The van der Waals surface area contributed by atoms with E-state index in [2.05, 4.69) is 58.5 Å². The van der Waals surface area contributed by atoms with Gasteiger partial charge in [-0.15, -0.1) is 0 Å². The van der Waals surface area contributed by atoms with Gasteiger partial charge in [0.15, 0.2) is 0 Å². The summed E-state index contributed by atoms with van der Waals surface area (Å²) in [6.07, 6.45) is 2.96. The molecular weight excluding hydrogens is 258 g/mol. The van der Waals surface area contributed by atoms with E-state index in [0.29, 0.717) is 6.04 Å². The quantitative estimate of drug-likeness (QED) is 0.934. The molecule has 110 valence electrons. The summed E-state index contributed by atoms with van der Waals surface area (Å²) in [6.45, 7) is 6.27. The molecule has 0 radical (unpaired) electrons. The van der Waals surface area contributed by atoms with E-state index in [-0.39, 0.29) is 0 Å². The van der Waals surface area contributed by atoms with Crippen LogP contribution in [-0.4, -0.2) is 29.5 Å². The van der Waals surface area contributed by atoms with Gasteiger partial charge in [-0.25, -0.2) is 0 Å². The van der Waals surface area contributed by atoms with Crippen LogP contribution in [0.5, 0.6) is 0 Å². The Bertz CT molecular complexity index is 568. The fourth-order valence-electron chi connectivity index (χ4n) is 3.07. The molecule has 0 saturated carbocycles. The van der Waals surface area contributed by atoms with E-state index in [0.717, 1.165) is 32.6 Å². The molecule has 2 aromatic rings. The highest BCUT2D eigenvalue weighted by atomic mass is 15.2. The first-order chi connectivity index (χ1) is 10.4. The van der Waals surface area contributed by atoms with Crippen molar-refractivity contribution in [1.82, 2.24) is 15.2 Å². The van der Waals surface area contributed by atoms with Crippen LogP contribution >= 0.6 is 0 Å². The number of nitrogens with one attached hydrogen (secondary N) is 1. The highest BCUT2D eigenvalue weighted by molar-refractivity contribution is 5.23. The van der Waals surface area contributed by atoms with Crippen LogP contribution in [-0.2, 0) is 13.0 Å². The SMILES string of the molecule is CCc1cccnc1CN1CCNCC1c1ccccc1. The van der Waals surface area contributed by atoms with Gasteiger partial charge in [-0.3, -0.25) is 9.88 Å². The fraction of sp³-hybridized carbons (Fsp3) is 0.389. The van der Waals surface area contributed by atoms with E-state index in [1.165, 1.54) is 16.8 Å². The zero-order valence-electron chi connectivity index (χ0n) is 12.6. The number of benzene rings is 1. The molecule has 0 spiro atoms. The summed E-state index contributed by atoms with van der Waals surface area (Å²) in [5, 5.41) is 3.52. The Morgan fingerprint density at radius 2 is 2.05 bits per heavy atom. The third kappa shape index (κ3) is 3.31. The van der Waals surface area contributed by atoms with Crippen molar-refractivity contribution in [2.24, 2.45) is 0 Å². The van der Waals surface area contributed by atoms with Crippen LogP contribution < -0.4 is 5.32 Å². The van der Waals surface area contributed by atoms with E-state index in [4.69, 9.17) is 0 Å². The Hall–Kier alpha value is -1.71. The second-order valence-electron chi connectivity index (χ2n) is 5.56. The van der Waals surface area contributed by atoms with Crippen molar-refractivity contribution >= 4 is 0 Å². The van der Waals surface area contributed by atoms with Crippen LogP contribution in [0.1, 0.15) is 29.8 Å². The summed E-state index contributed by atoms with van der Waals surface area (Å²) in [5.41, 5.74) is 3.98. The lowest BCUT2D eigenvalue weighted by Crippen LogP contribution is -2.45. The first kappa shape index (κ1) is 14.2. The van der Waals surface area contributed by atoms with Crippen LogP contribution in [0.15, 0.2) is 48.7 Å². The fourth-order valence-corrected chi connectivity index (χ4v) is 3.07. The van der Waals surface area contributed by atoms with Crippen LogP contribution in [0.2, 0.25) is 0 Å². The lowest BCUT2D eigenvalue weighted by molar-refractivity contribution is 0.151. The molecule has 1 fully saturated rings. The average Bonchev–Trinajstić information content (AvgIpc) is 2.57. The minimum Gasteiger partial charge on any atom is -0.314 e. The number of rotatable bonds is 4. The molecule has 1 unspecified atom stereocenters. The lowest BCUT2D eigenvalue weighted by atomic mass is 10.0. The molecule has 3 rings (SSSR count). The second-order valence-corrected chi connectivity index (χ2v) is 5.56.